The molecule has 0 spiro atoms. The molecule has 0 bridgehead atoms. The Labute approximate surface area is 74.9 Å². The number of nitrogens with zero attached hydrogens (tertiary/aromatic N) is 1. The molecule has 1 heterocycles. The zero-order valence-corrected chi connectivity index (χ0v) is 8.76. The standard InChI is InChI=1S/C10H13NSi/c1-12(2,3)9-7-10-6-4-5-8-11-10/h4-6,8H,1-3H3/i11+1. The lowest BCUT2D eigenvalue weighted by Crippen LogP contribution is -2.16. The third-order valence-electron chi connectivity index (χ3n) is 1.23. The Morgan fingerprint density at radius 2 is 2.00 bits per heavy atom. The highest BCUT2D eigenvalue weighted by Gasteiger charge is 2.07. The van der Waals surface area contributed by atoms with Gasteiger partial charge in [0.15, 0.2) is 0 Å². The van der Waals surface area contributed by atoms with E-state index in [1.165, 1.54) is 0 Å². The molecule has 2 heteroatoms. The number of hydrogen-bond acceptors (Lipinski definition) is 1. The molecular weight excluding hydrogens is 163 g/mol. The average Bonchev–Trinajstić information content (AvgIpc) is 2.02. The van der Waals surface area contributed by atoms with E-state index in [9.17, 15) is 0 Å². The zero-order chi connectivity index (χ0) is 9.03. The highest BCUT2D eigenvalue weighted by molar-refractivity contribution is 6.83. The molecule has 0 saturated carbocycles. The fraction of sp³-hybridized carbons (Fsp3) is 0.300. The van der Waals surface area contributed by atoms with Crippen LogP contribution in [0.5, 0.6) is 0 Å². The van der Waals surface area contributed by atoms with E-state index in [1.807, 2.05) is 18.2 Å². The first-order chi connectivity index (χ1) is 5.58. The van der Waals surface area contributed by atoms with Crippen molar-refractivity contribution in [3.63, 3.8) is 0 Å². The van der Waals surface area contributed by atoms with E-state index in [0.717, 1.165) is 5.69 Å². The Balaban J connectivity index is 2.81. The fourth-order valence-corrected chi connectivity index (χ4v) is 1.19. The van der Waals surface area contributed by atoms with Crippen molar-refractivity contribution >= 4 is 8.07 Å². The summed E-state index contributed by atoms with van der Waals surface area (Å²) in [5.74, 6) is 3.09. The first-order valence-corrected chi connectivity index (χ1v) is 7.52. The summed E-state index contributed by atoms with van der Waals surface area (Å²) in [6, 6.07) is 5.80. The molecule has 1 aromatic heterocycles. The number of aromatic nitrogens is 1. The Hall–Kier alpha value is -1.07. The maximum Gasteiger partial charge on any atom is 0.129 e. The third kappa shape index (κ3) is 3.36. The van der Waals surface area contributed by atoms with Crippen molar-refractivity contribution < 1.29 is 0 Å². The zero-order valence-electron chi connectivity index (χ0n) is 7.76. The minimum Gasteiger partial charge on any atom is -0.248 e. The smallest absolute Gasteiger partial charge is 0.129 e. The van der Waals surface area contributed by atoms with Gasteiger partial charge in [0.2, 0.25) is 0 Å². The van der Waals surface area contributed by atoms with Gasteiger partial charge in [-0.25, -0.2) is 4.98 Å². The quantitative estimate of drug-likeness (QED) is 0.436. The highest BCUT2D eigenvalue weighted by Crippen LogP contribution is 1.98. The predicted molar refractivity (Wildman–Crippen MR) is 54.5 cm³/mol. The van der Waals surface area contributed by atoms with Crippen LogP contribution < -0.4 is 0 Å². The minimum absolute atomic E-state index is 0.875. The van der Waals surface area contributed by atoms with Gasteiger partial charge in [0, 0.05) is 6.20 Å². The van der Waals surface area contributed by atoms with Crippen LogP contribution in [0.15, 0.2) is 24.4 Å². The van der Waals surface area contributed by atoms with Crippen molar-refractivity contribution in [2.75, 3.05) is 0 Å². The van der Waals surface area contributed by atoms with Crippen molar-refractivity contribution in [3.8, 4) is 11.5 Å². The van der Waals surface area contributed by atoms with Crippen LogP contribution in [0.3, 0.4) is 0 Å². The molecule has 0 atom stereocenters. The third-order valence-corrected chi connectivity index (χ3v) is 2.11. The molecule has 0 unspecified atom stereocenters. The van der Waals surface area contributed by atoms with E-state index >= 15 is 0 Å². The molecule has 12 heavy (non-hydrogen) atoms. The molecule has 62 valence electrons. The Kier molecular flexibility index (Phi) is 2.67. The average molecular weight is 176 g/mol. The lowest BCUT2D eigenvalue weighted by molar-refractivity contribution is 1.29. The summed E-state index contributed by atoms with van der Waals surface area (Å²) in [6.07, 6.45) is 1.77. The molecule has 1 rings (SSSR count). The maximum absolute atomic E-state index is 4.13. The first-order valence-electron chi connectivity index (χ1n) is 4.02. The van der Waals surface area contributed by atoms with E-state index in [4.69, 9.17) is 0 Å². The van der Waals surface area contributed by atoms with Crippen LogP contribution in [-0.4, -0.2) is 13.1 Å². The van der Waals surface area contributed by atoms with E-state index in [2.05, 4.69) is 36.1 Å². The van der Waals surface area contributed by atoms with Crippen molar-refractivity contribution in [2.24, 2.45) is 0 Å². The molecule has 0 aromatic carbocycles. The minimum atomic E-state index is -1.24. The van der Waals surface area contributed by atoms with E-state index in [0.29, 0.717) is 0 Å². The summed E-state index contributed by atoms with van der Waals surface area (Å²) in [5, 5.41) is 0. The molecule has 1 aromatic rings. The van der Waals surface area contributed by atoms with Crippen LogP contribution in [0.25, 0.3) is 0 Å². The van der Waals surface area contributed by atoms with Crippen molar-refractivity contribution in [1.82, 2.24) is 4.98 Å². The number of pyridine rings is 1. The number of hydrogen-bond donors (Lipinski definition) is 0. The van der Waals surface area contributed by atoms with Gasteiger partial charge in [0.25, 0.3) is 0 Å². The van der Waals surface area contributed by atoms with Gasteiger partial charge in [-0.3, -0.25) is 0 Å². The van der Waals surface area contributed by atoms with Crippen LogP contribution >= 0.6 is 0 Å². The van der Waals surface area contributed by atoms with Crippen molar-refractivity contribution in [3.05, 3.63) is 30.1 Å². The summed E-state index contributed by atoms with van der Waals surface area (Å²) in [7, 11) is -1.24. The van der Waals surface area contributed by atoms with Gasteiger partial charge in [-0.15, -0.1) is 5.54 Å². The fourth-order valence-electron chi connectivity index (χ4n) is 0.688. The maximum atomic E-state index is 4.13. The van der Waals surface area contributed by atoms with Gasteiger partial charge in [0.05, 0.1) is 0 Å². The molecular formula is C10H13NSi. The Morgan fingerprint density at radius 1 is 1.25 bits per heavy atom. The van der Waals surface area contributed by atoms with Crippen LogP contribution in [0.1, 0.15) is 5.69 Å². The topological polar surface area (TPSA) is 12.9 Å². The number of rotatable bonds is 0. The SMILES string of the molecule is C[Si](C)(C)C#Cc1cccc[15n]1. The van der Waals surface area contributed by atoms with E-state index in [1.54, 1.807) is 6.20 Å². The second kappa shape index (κ2) is 3.55. The summed E-state index contributed by atoms with van der Waals surface area (Å²) < 4.78 is 0. The summed E-state index contributed by atoms with van der Waals surface area (Å²) in [5.41, 5.74) is 4.14. The molecule has 0 fully saturated rings. The molecule has 1 nitrogen and oxygen atoms in total. The molecule has 0 saturated heterocycles. The monoisotopic (exact) mass is 176 g/mol. The van der Waals surface area contributed by atoms with E-state index in [-0.39, 0.29) is 0 Å². The summed E-state index contributed by atoms with van der Waals surface area (Å²) in [6.45, 7) is 6.68. The van der Waals surface area contributed by atoms with Gasteiger partial charge in [0.1, 0.15) is 13.8 Å². The normalized spacial score (nSPS) is 10.2. The van der Waals surface area contributed by atoms with Crippen LogP contribution in [0, 0.1) is 11.5 Å². The summed E-state index contributed by atoms with van der Waals surface area (Å²) >= 11 is 0. The molecule has 0 N–H and O–H groups in total. The second-order valence-electron chi connectivity index (χ2n) is 3.71. The lowest BCUT2D eigenvalue weighted by Gasteiger charge is -2.02. The molecule has 0 aliphatic heterocycles. The molecule has 0 radical (unpaired) electrons. The second-order valence-corrected chi connectivity index (χ2v) is 8.46. The Bertz CT molecular complexity index is 300. The van der Waals surface area contributed by atoms with Gasteiger partial charge < -0.3 is 0 Å². The van der Waals surface area contributed by atoms with Gasteiger partial charge in [-0.2, -0.15) is 0 Å². The van der Waals surface area contributed by atoms with Crippen LogP contribution in [0.2, 0.25) is 19.6 Å². The predicted octanol–water partition coefficient (Wildman–Crippen LogP) is 2.31. The van der Waals surface area contributed by atoms with Gasteiger partial charge in [-0.1, -0.05) is 31.6 Å². The summed E-state index contributed by atoms with van der Waals surface area (Å²) in [4.78, 5) is 4.13. The van der Waals surface area contributed by atoms with Crippen molar-refractivity contribution in [2.45, 2.75) is 19.6 Å². The van der Waals surface area contributed by atoms with Crippen LogP contribution in [0.4, 0.5) is 0 Å². The largest absolute Gasteiger partial charge is 0.248 e. The lowest BCUT2D eigenvalue weighted by atomic mass is 10.4. The molecule has 0 amide bonds. The first kappa shape index (κ1) is 9.02. The highest BCUT2D eigenvalue weighted by atomic mass is 28.3. The van der Waals surface area contributed by atoms with Gasteiger partial charge >= 0.3 is 0 Å². The van der Waals surface area contributed by atoms with E-state index < -0.39 is 8.07 Å². The van der Waals surface area contributed by atoms with Gasteiger partial charge in [-0.05, 0) is 12.1 Å². The molecule has 0 aliphatic carbocycles. The van der Waals surface area contributed by atoms with Crippen molar-refractivity contribution in [1.29, 1.82) is 0 Å². The molecule has 0 aliphatic rings. The van der Waals surface area contributed by atoms with Crippen LogP contribution in [-0.2, 0) is 0 Å². The Morgan fingerprint density at radius 3 is 2.50 bits per heavy atom.